The normalized spacial score (nSPS) is 25.7. The van der Waals surface area contributed by atoms with Crippen LogP contribution in [0.15, 0.2) is 60.7 Å². The molecule has 5 rings (SSSR count). The van der Waals surface area contributed by atoms with Gasteiger partial charge in [0, 0.05) is 9.11 Å². The Morgan fingerprint density at radius 2 is 1.67 bits per heavy atom. The SMILES string of the molecule is [2H]O[13C]1([2H])c2cc3ccccc3c3cc4ccccc4c(c23)[13C]1([2H])[2H]. The molecule has 0 aromatic heterocycles. The average Bonchev–Trinajstić information content (AvgIpc) is 2.81. The molecule has 1 unspecified atom stereocenters. The van der Waals surface area contributed by atoms with Crippen molar-refractivity contribution in [1.29, 1.82) is 1.43 Å². The van der Waals surface area contributed by atoms with E-state index in [1.807, 2.05) is 54.6 Å². The fourth-order valence-electron chi connectivity index (χ4n) is 3.43. The zero-order valence-corrected chi connectivity index (χ0v) is 11.2. The second-order valence-electron chi connectivity index (χ2n) is 5.49. The minimum Gasteiger partial charge on any atom is -0.388 e. The van der Waals surface area contributed by atoms with Gasteiger partial charge in [0.25, 0.3) is 0 Å². The van der Waals surface area contributed by atoms with Gasteiger partial charge in [-0.15, -0.1) is 0 Å². The summed E-state index contributed by atoms with van der Waals surface area (Å²) in [4.78, 5) is 0. The van der Waals surface area contributed by atoms with E-state index in [1.165, 1.54) is 0 Å². The summed E-state index contributed by atoms with van der Waals surface area (Å²) in [5.74, 6) is 0. The number of hydrogen-bond donors (Lipinski definition) is 1. The fraction of sp³-hybridized carbons (Fsp3) is 0.100. The second kappa shape index (κ2) is 3.84. The number of aliphatic hydroxyl groups is 1. The van der Waals surface area contributed by atoms with E-state index in [1.54, 1.807) is 6.07 Å². The highest BCUT2D eigenvalue weighted by Gasteiger charge is 2.25. The van der Waals surface area contributed by atoms with Crippen LogP contribution >= 0.6 is 0 Å². The van der Waals surface area contributed by atoms with E-state index in [0.717, 1.165) is 26.9 Å². The molecule has 1 aliphatic rings. The summed E-state index contributed by atoms with van der Waals surface area (Å²) in [6, 6.07) is 19.3. The topological polar surface area (TPSA) is 20.2 Å². The van der Waals surface area contributed by atoms with E-state index < -0.39 is 12.5 Å². The van der Waals surface area contributed by atoms with Crippen molar-refractivity contribution >= 4 is 32.3 Å². The van der Waals surface area contributed by atoms with Crippen molar-refractivity contribution in [3.8, 4) is 0 Å². The molecule has 0 spiro atoms. The van der Waals surface area contributed by atoms with Crippen LogP contribution < -0.4 is 0 Å². The fourth-order valence-corrected chi connectivity index (χ4v) is 3.43. The van der Waals surface area contributed by atoms with E-state index in [0.29, 0.717) is 16.5 Å². The Balaban J connectivity index is 2.15. The first-order valence-corrected chi connectivity index (χ1v) is 7.01. The first-order valence-electron chi connectivity index (χ1n) is 8.92. The molecule has 1 heteroatoms. The highest BCUT2D eigenvalue weighted by Crippen LogP contribution is 2.44. The van der Waals surface area contributed by atoms with Crippen LogP contribution in [0.5, 0.6) is 0 Å². The lowest BCUT2D eigenvalue weighted by molar-refractivity contribution is 0.186. The number of fused-ring (bicyclic) bond motifs is 4. The highest BCUT2D eigenvalue weighted by molar-refractivity contribution is 6.16. The van der Waals surface area contributed by atoms with Crippen molar-refractivity contribution < 1.29 is 9.22 Å². The summed E-state index contributed by atoms with van der Waals surface area (Å²) >= 11 is 0. The molecule has 1 atom stereocenters. The molecular weight excluding hydrogens is 258 g/mol. The molecule has 0 bridgehead atoms. The van der Waals surface area contributed by atoms with Crippen molar-refractivity contribution in [1.82, 2.24) is 0 Å². The summed E-state index contributed by atoms with van der Waals surface area (Å²) in [5.41, 5.74) is 0.866. The molecule has 1 aliphatic carbocycles. The predicted octanol–water partition coefficient (Wildman–Crippen LogP) is 4.74. The third kappa shape index (κ3) is 1.39. The lowest BCUT2D eigenvalue weighted by Gasteiger charge is -2.10. The van der Waals surface area contributed by atoms with E-state index in [4.69, 9.17) is 10.7 Å². The molecule has 4 aromatic carbocycles. The molecule has 4 aromatic rings. The van der Waals surface area contributed by atoms with Crippen LogP contribution in [0.1, 0.15) is 21.3 Å². The number of hydrogen-bond acceptors (Lipinski definition) is 1. The monoisotopic (exact) mass is 276 g/mol. The van der Waals surface area contributed by atoms with E-state index in [2.05, 4.69) is 0 Å². The lowest BCUT2D eigenvalue weighted by Crippen LogP contribution is -1.92. The Labute approximate surface area is 128 Å². The van der Waals surface area contributed by atoms with Crippen LogP contribution in [0.2, 0.25) is 0 Å². The highest BCUT2D eigenvalue weighted by atomic mass is 16.4. The maximum Gasteiger partial charge on any atom is 0.211 e. The number of benzene rings is 4. The van der Waals surface area contributed by atoms with Crippen molar-refractivity contribution in [3.63, 3.8) is 0 Å². The van der Waals surface area contributed by atoms with Gasteiger partial charge in [-0.05, 0) is 55.6 Å². The Morgan fingerprint density at radius 1 is 0.952 bits per heavy atom. The van der Waals surface area contributed by atoms with E-state index in [-0.39, 0.29) is 0 Å². The van der Waals surface area contributed by atoms with E-state index >= 15 is 0 Å². The summed E-state index contributed by atoms with van der Waals surface area (Å²) in [6.45, 7) is 0. The third-order valence-corrected chi connectivity index (χ3v) is 4.35. The van der Waals surface area contributed by atoms with Gasteiger partial charge in [-0.1, -0.05) is 48.5 Å². The van der Waals surface area contributed by atoms with Crippen molar-refractivity contribution in [2.45, 2.75) is 12.5 Å². The van der Waals surface area contributed by atoms with Gasteiger partial charge in [-0.2, -0.15) is 0 Å². The van der Waals surface area contributed by atoms with Crippen LogP contribution in [0, 0.1) is 0 Å². The molecule has 0 radical (unpaired) electrons. The summed E-state index contributed by atoms with van der Waals surface area (Å²) < 4.78 is 33.5. The minimum atomic E-state index is -2.13. The van der Waals surface area contributed by atoms with Gasteiger partial charge in [0.15, 0.2) is 0 Å². The van der Waals surface area contributed by atoms with Crippen molar-refractivity contribution in [2.75, 3.05) is 0 Å². The predicted molar refractivity (Wildman–Crippen MR) is 87.6 cm³/mol. The van der Waals surface area contributed by atoms with Crippen LogP contribution in [0.4, 0.5) is 0 Å². The summed E-state index contributed by atoms with van der Waals surface area (Å²) in [5, 5.41) is 9.94. The zero-order chi connectivity index (χ0) is 17.4. The van der Waals surface area contributed by atoms with Crippen LogP contribution in [-0.2, 0) is 6.37 Å². The smallest absolute Gasteiger partial charge is 0.211 e. The Hall–Kier alpha value is -2.38. The number of rotatable bonds is 1. The van der Waals surface area contributed by atoms with Gasteiger partial charge < -0.3 is 5.11 Å². The lowest BCUT2D eigenvalue weighted by atomic mass is 9.95. The zero-order valence-electron chi connectivity index (χ0n) is 15.2. The molecule has 0 saturated carbocycles. The molecule has 0 amide bonds. The van der Waals surface area contributed by atoms with Crippen LogP contribution in [0.25, 0.3) is 32.3 Å². The molecule has 0 fully saturated rings. The first kappa shape index (κ1) is 8.16. The van der Waals surface area contributed by atoms with E-state index in [9.17, 15) is 0 Å². The Morgan fingerprint density at radius 3 is 2.48 bits per heavy atom. The quantitative estimate of drug-likeness (QED) is 0.302. The molecule has 100 valence electrons. The standard InChI is InChI=1S/C20H14O/c21-19-11-17-15-8-4-1-5-12(15)9-16-14-7-3-2-6-13(14)10-18(19)20(16)17/h1-10,19,21H,11H2/i11+1D2,19+1D,21D. The van der Waals surface area contributed by atoms with Crippen LogP contribution in [0.3, 0.4) is 0 Å². The summed E-state index contributed by atoms with van der Waals surface area (Å²) in [7, 11) is 0. The van der Waals surface area contributed by atoms with Gasteiger partial charge in [-0.3, -0.25) is 0 Å². The van der Waals surface area contributed by atoms with Gasteiger partial charge in [-0.25, -0.2) is 0 Å². The molecule has 1 N–H and O–H groups in total. The third-order valence-electron chi connectivity index (χ3n) is 4.35. The summed E-state index contributed by atoms with van der Waals surface area (Å²) in [6.07, 6.45) is -4.23. The first-order chi connectivity index (χ1) is 12.0. The largest absolute Gasteiger partial charge is 0.388 e. The molecule has 1 nitrogen and oxygen atoms in total. The maximum absolute atomic E-state index is 8.67. The van der Waals surface area contributed by atoms with Gasteiger partial charge in [0.1, 0.15) is 0 Å². The van der Waals surface area contributed by atoms with Gasteiger partial charge in [0.05, 0.1) is 7.45 Å². The van der Waals surface area contributed by atoms with Gasteiger partial charge in [0.2, 0.25) is 1.43 Å². The Kier molecular flexibility index (Phi) is 1.49. The van der Waals surface area contributed by atoms with Crippen LogP contribution in [-0.4, -0.2) is 6.54 Å². The molecule has 21 heavy (non-hydrogen) atoms. The van der Waals surface area contributed by atoms with Crippen molar-refractivity contribution in [2.24, 2.45) is 0 Å². The Bertz CT molecular complexity index is 1180. The molecular formula is C20H14O. The molecule has 0 aliphatic heterocycles. The molecule has 0 saturated heterocycles. The van der Waals surface area contributed by atoms with Gasteiger partial charge >= 0.3 is 0 Å². The second-order valence-corrected chi connectivity index (χ2v) is 5.49. The minimum absolute atomic E-state index is 0.418. The van der Waals surface area contributed by atoms with Crippen molar-refractivity contribution in [3.05, 3.63) is 71.8 Å². The molecule has 0 heterocycles. The maximum atomic E-state index is 8.67. The average molecular weight is 276 g/mol.